The minimum atomic E-state index is -0.509. The van der Waals surface area contributed by atoms with Crippen LogP contribution in [-0.2, 0) is 17.7 Å². The zero-order chi connectivity index (χ0) is 22.1. The van der Waals surface area contributed by atoms with Gasteiger partial charge in [-0.2, -0.15) is 0 Å². The number of primary amides is 1. The molecule has 4 rings (SSSR count). The first kappa shape index (κ1) is 21.2. The molecule has 0 unspecified atom stereocenters. The first-order valence-corrected chi connectivity index (χ1v) is 11.2. The van der Waals surface area contributed by atoms with Crippen LogP contribution in [0.3, 0.4) is 0 Å². The molecule has 0 spiro atoms. The Labute approximate surface area is 186 Å². The third-order valence-electron chi connectivity index (χ3n) is 4.94. The maximum atomic E-state index is 12.2. The van der Waals surface area contributed by atoms with Crippen molar-refractivity contribution in [1.29, 1.82) is 0 Å². The number of anilines is 2. The fourth-order valence-electron chi connectivity index (χ4n) is 3.52. The molecule has 9 nitrogen and oxygen atoms in total. The molecular formula is C20H22N4O5S2. The smallest absolute Gasteiger partial charge is 0.410 e. The third kappa shape index (κ3) is 3.98. The van der Waals surface area contributed by atoms with E-state index in [0.29, 0.717) is 58.8 Å². The quantitative estimate of drug-likeness (QED) is 0.573. The monoisotopic (exact) mass is 462 g/mol. The molecule has 11 heteroatoms. The Kier molecular flexibility index (Phi) is 5.88. The third-order valence-corrected chi connectivity index (χ3v) is 6.99. The van der Waals surface area contributed by atoms with Crippen molar-refractivity contribution in [2.24, 2.45) is 5.73 Å². The number of thiophene rings is 1. The van der Waals surface area contributed by atoms with Gasteiger partial charge in [0.15, 0.2) is 5.13 Å². The second-order valence-electron chi connectivity index (χ2n) is 6.76. The molecular weight excluding hydrogens is 440 g/mol. The molecule has 3 aromatic rings. The number of hydrogen-bond donors (Lipinski definition) is 2. The van der Waals surface area contributed by atoms with E-state index in [9.17, 15) is 9.59 Å². The molecule has 0 atom stereocenters. The van der Waals surface area contributed by atoms with Gasteiger partial charge >= 0.3 is 6.09 Å². The van der Waals surface area contributed by atoms with Gasteiger partial charge in [-0.05, 0) is 25.0 Å². The number of fused-ring (bicyclic) bond motifs is 2. The molecule has 1 aliphatic rings. The predicted molar refractivity (Wildman–Crippen MR) is 120 cm³/mol. The topological polar surface area (TPSA) is 116 Å². The van der Waals surface area contributed by atoms with Gasteiger partial charge in [-0.25, -0.2) is 9.78 Å². The van der Waals surface area contributed by atoms with Crippen LogP contribution in [-0.4, -0.2) is 49.3 Å². The lowest BCUT2D eigenvalue weighted by molar-refractivity contribution is 0.0997. The molecule has 2 aromatic heterocycles. The Morgan fingerprint density at radius 1 is 1.26 bits per heavy atom. The summed E-state index contributed by atoms with van der Waals surface area (Å²) in [5.74, 6) is 0.761. The number of methoxy groups -OCH3 is 2. The van der Waals surface area contributed by atoms with Crippen molar-refractivity contribution in [3.63, 3.8) is 0 Å². The van der Waals surface area contributed by atoms with E-state index in [1.54, 1.807) is 32.1 Å². The Morgan fingerprint density at radius 3 is 2.74 bits per heavy atom. The van der Waals surface area contributed by atoms with Crippen molar-refractivity contribution >= 4 is 55.0 Å². The molecule has 3 N–H and O–H groups in total. The Bertz CT molecular complexity index is 1160. The Morgan fingerprint density at radius 2 is 2.06 bits per heavy atom. The van der Waals surface area contributed by atoms with E-state index in [0.717, 1.165) is 15.1 Å². The molecule has 1 aromatic carbocycles. The lowest BCUT2D eigenvalue weighted by Crippen LogP contribution is -2.36. The minimum Gasteiger partial charge on any atom is -0.497 e. The summed E-state index contributed by atoms with van der Waals surface area (Å²) >= 11 is 2.82. The SMILES string of the molecule is CCOC(=O)N1CCc2c(sc(Nc3nc4c(OC)cc(OC)cc4s3)c2C(N)=O)C1. The fourth-order valence-corrected chi connectivity index (χ4v) is 5.77. The standard InChI is InChI=1S/C20H22N4O5S2/c1-4-29-20(26)24-6-5-11-14(9-24)30-18(15(11)17(21)25)23-19-22-16-12(28-3)7-10(27-2)8-13(16)31-19/h7-8H,4-6,9H2,1-3H3,(H2,21,25)(H,22,23). The van der Waals surface area contributed by atoms with E-state index in [1.165, 1.54) is 22.7 Å². The number of rotatable bonds is 6. The van der Waals surface area contributed by atoms with Crippen LogP contribution in [0.4, 0.5) is 14.9 Å². The molecule has 164 valence electrons. The van der Waals surface area contributed by atoms with Gasteiger partial charge in [-0.15, -0.1) is 11.3 Å². The van der Waals surface area contributed by atoms with Gasteiger partial charge in [0.1, 0.15) is 22.0 Å². The second kappa shape index (κ2) is 8.60. The van der Waals surface area contributed by atoms with Crippen LogP contribution >= 0.6 is 22.7 Å². The van der Waals surface area contributed by atoms with E-state index < -0.39 is 5.91 Å². The normalized spacial score (nSPS) is 13.1. The van der Waals surface area contributed by atoms with Crippen molar-refractivity contribution < 1.29 is 23.8 Å². The highest BCUT2D eigenvalue weighted by molar-refractivity contribution is 7.23. The molecule has 0 saturated carbocycles. The van der Waals surface area contributed by atoms with E-state index in [-0.39, 0.29) is 6.09 Å². The molecule has 2 amide bonds. The van der Waals surface area contributed by atoms with Gasteiger partial charge in [-0.3, -0.25) is 4.79 Å². The minimum absolute atomic E-state index is 0.317. The maximum absolute atomic E-state index is 12.2. The van der Waals surface area contributed by atoms with Crippen molar-refractivity contribution in [2.75, 3.05) is 32.7 Å². The number of aromatic nitrogens is 1. The van der Waals surface area contributed by atoms with E-state index >= 15 is 0 Å². The maximum Gasteiger partial charge on any atom is 0.410 e. The highest BCUT2D eigenvalue weighted by Crippen LogP contribution is 2.41. The largest absolute Gasteiger partial charge is 0.497 e. The molecule has 3 heterocycles. The zero-order valence-corrected chi connectivity index (χ0v) is 18.9. The van der Waals surface area contributed by atoms with Crippen LogP contribution < -0.4 is 20.5 Å². The number of thiazole rings is 1. The summed E-state index contributed by atoms with van der Waals surface area (Å²) < 4.78 is 16.7. The van der Waals surface area contributed by atoms with Gasteiger partial charge < -0.3 is 30.2 Å². The van der Waals surface area contributed by atoms with E-state index in [2.05, 4.69) is 10.3 Å². The summed E-state index contributed by atoms with van der Waals surface area (Å²) in [4.78, 5) is 31.5. The number of carbonyl (C=O) groups is 2. The van der Waals surface area contributed by atoms with Crippen molar-refractivity contribution in [1.82, 2.24) is 9.88 Å². The number of ether oxygens (including phenoxy) is 3. The number of amides is 2. The van der Waals surface area contributed by atoms with E-state index in [1.807, 2.05) is 6.07 Å². The summed E-state index contributed by atoms with van der Waals surface area (Å²) in [6.07, 6.45) is 0.180. The second-order valence-corrected chi connectivity index (χ2v) is 8.90. The number of carbonyl (C=O) groups excluding carboxylic acids is 2. The van der Waals surface area contributed by atoms with Crippen molar-refractivity contribution in [2.45, 2.75) is 19.9 Å². The number of benzene rings is 1. The van der Waals surface area contributed by atoms with Crippen LogP contribution in [0.2, 0.25) is 0 Å². The molecule has 0 bridgehead atoms. The Balaban J connectivity index is 1.68. The molecule has 0 radical (unpaired) electrons. The van der Waals surface area contributed by atoms with Crippen molar-refractivity contribution in [3.05, 3.63) is 28.1 Å². The number of nitrogens with two attached hydrogens (primary N) is 1. The molecule has 1 aliphatic heterocycles. The Hall–Kier alpha value is -3.05. The van der Waals surface area contributed by atoms with Gasteiger partial charge in [0, 0.05) is 17.5 Å². The predicted octanol–water partition coefficient (Wildman–Crippen LogP) is 3.73. The van der Waals surface area contributed by atoms with Gasteiger partial charge in [0.25, 0.3) is 5.91 Å². The first-order valence-electron chi connectivity index (χ1n) is 9.60. The lowest BCUT2D eigenvalue weighted by Gasteiger charge is -2.26. The summed E-state index contributed by atoms with van der Waals surface area (Å²) in [6.45, 7) is 2.94. The van der Waals surface area contributed by atoms with E-state index in [4.69, 9.17) is 19.9 Å². The van der Waals surface area contributed by atoms with Crippen LogP contribution in [0.5, 0.6) is 11.5 Å². The van der Waals surface area contributed by atoms with Crippen LogP contribution in [0.15, 0.2) is 12.1 Å². The lowest BCUT2D eigenvalue weighted by atomic mass is 10.0. The number of hydrogen-bond acceptors (Lipinski definition) is 9. The molecule has 0 aliphatic carbocycles. The zero-order valence-electron chi connectivity index (χ0n) is 17.3. The number of nitrogens with one attached hydrogen (secondary N) is 1. The summed E-state index contributed by atoms with van der Waals surface area (Å²) in [7, 11) is 3.17. The summed E-state index contributed by atoms with van der Waals surface area (Å²) in [5, 5.41) is 4.47. The van der Waals surface area contributed by atoms with Crippen molar-refractivity contribution in [3.8, 4) is 11.5 Å². The molecule has 0 fully saturated rings. The summed E-state index contributed by atoms with van der Waals surface area (Å²) in [5.41, 5.74) is 7.73. The average molecular weight is 463 g/mol. The van der Waals surface area contributed by atoms with Crippen LogP contribution in [0, 0.1) is 0 Å². The average Bonchev–Trinajstić information content (AvgIpc) is 3.32. The highest BCUT2D eigenvalue weighted by Gasteiger charge is 2.30. The highest BCUT2D eigenvalue weighted by atomic mass is 32.1. The van der Waals surface area contributed by atoms with Crippen LogP contribution in [0.1, 0.15) is 27.7 Å². The van der Waals surface area contributed by atoms with Gasteiger partial charge in [0.2, 0.25) is 0 Å². The summed E-state index contributed by atoms with van der Waals surface area (Å²) in [6, 6.07) is 3.65. The van der Waals surface area contributed by atoms with Gasteiger partial charge in [0.05, 0.1) is 37.6 Å². The number of nitrogens with zero attached hydrogens (tertiary/aromatic N) is 2. The fraction of sp³-hybridized carbons (Fsp3) is 0.350. The molecule has 31 heavy (non-hydrogen) atoms. The first-order chi connectivity index (χ1) is 14.9. The van der Waals surface area contributed by atoms with Crippen LogP contribution in [0.25, 0.3) is 10.2 Å². The van der Waals surface area contributed by atoms with Gasteiger partial charge in [-0.1, -0.05) is 11.3 Å². The molecule has 0 saturated heterocycles.